The number of hydrogen-bond acceptors (Lipinski definition) is 4. The van der Waals surface area contributed by atoms with Crippen molar-refractivity contribution in [1.29, 1.82) is 0 Å². The molecule has 0 spiro atoms. The molecule has 4 heteroatoms. The first-order valence-corrected chi connectivity index (χ1v) is 10.2. The van der Waals surface area contributed by atoms with Gasteiger partial charge in [0, 0.05) is 5.41 Å². The summed E-state index contributed by atoms with van der Waals surface area (Å²) in [6, 6.07) is 0. The number of rotatable bonds is 1. The molecular weight excluding hydrogens is 316 g/mol. The molecule has 0 amide bonds. The topological polar surface area (TPSA) is 77.8 Å². The lowest BCUT2D eigenvalue weighted by molar-refractivity contribution is -0.201. The van der Waals surface area contributed by atoms with E-state index in [1.807, 2.05) is 6.92 Å². The van der Waals surface area contributed by atoms with Crippen LogP contribution in [0.4, 0.5) is 0 Å². The fraction of sp³-hybridized carbons (Fsp3) is 0.952. The van der Waals surface area contributed by atoms with Gasteiger partial charge in [-0.1, -0.05) is 13.8 Å². The predicted octanol–water partition coefficient (Wildman–Crippen LogP) is 2.68. The first-order chi connectivity index (χ1) is 11.6. The fourth-order valence-electron chi connectivity index (χ4n) is 7.94. The molecule has 0 aromatic carbocycles. The molecule has 0 radical (unpaired) electrons. The Bertz CT molecular complexity index is 576. The van der Waals surface area contributed by atoms with Crippen molar-refractivity contribution in [3.63, 3.8) is 0 Å². The van der Waals surface area contributed by atoms with E-state index in [1.165, 1.54) is 6.92 Å². The van der Waals surface area contributed by atoms with Gasteiger partial charge in [-0.15, -0.1) is 0 Å². The Balaban J connectivity index is 1.70. The molecule has 142 valence electrons. The lowest BCUT2D eigenvalue weighted by atomic mass is 9.43. The number of hydrogen-bond donors (Lipinski definition) is 3. The maximum atomic E-state index is 12.3. The quantitative estimate of drug-likeness (QED) is 0.679. The van der Waals surface area contributed by atoms with Crippen LogP contribution < -0.4 is 0 Å². The minimum atomic E-state index is -1.27. The first-order valence-electron chi connectivity index (χ1n) is 10.2. The highest BCUT2D eigenvalue weighted by Crippen LogP contribution is 2.68. The predicted molar refractivity (Wildman–Crippen MR) is 94.8 cm³/mol. The second-order valence-electron chi connectivity index (χ2n) is 10.1. The Hall–Kier alpha value is -0.450. The van der Waals surface area contributed by atoms with Crippen molar-refractivity contribution in [1.82, 2.24) is 0 Å². The van der Waals surface area contributed by atoms with Gasteiger partial charge in [0.1, 0.15) is 5.60 Å². The van der Waals surface area contributed by atoms with Crippen LogP contribution in [0.1, 0.15) is 72.1 Å². The summed E-state index contributed by atoms with van der Waals surface area (Å²) in [7, 11) is 0. The zero-order valence-electron chi connectivity index (χ0n) is 15.9. The molecule has 0 aromatic heterocycles. The molecule has 4 rings (SSSR count). The monoisotopic (exact) mass is 350 g/mol. The number of Topliss-reactive ketones (excluding diaryl/α,β-unsaturated/α-hetero) is 1. The molecule has 3 N–H and O–H groups in total. The Labute approximate surface area is 151 Å². The largest absolute Gasteiger partial charge is 0.393 e. The molecule has 0 bridgehead atoms. The molecule has 0 aliphatic heterocycles. The van der Waals surface area contributed by atoms with E-state index in [-0.39, 0.29) is 23.2 Å². The number of aliphatic hydroxyl groups excluding tert-OH is 2. The van der Waals surface area contributed by atoms with Crippen LogP contribution in [0, 0.1) is 34.5 Å². The minimum absolute atomic E-state index is 0.0832. The number of carbonyl (C=O) groups excluding carboxylic acids is 1. The summed E-state index contributed by atoms with van der Waals surface area (Å²) in [5.74, 6) is 1.30. The van der Waals surface area contributed by atoms with Crippen LogP contribution in [-0.4, -0.2) is 38.9 Å². The van der Waals surface area contributed by atoms with Crippen molar-refractivity contribution in [2.75, 3.05) is 0 Å². The molecule has 4 aliphatic rings. The summed E-state index contributed by atoms with van der Waals surface area (Å²) in [6.45, 7) is 5.88. The minimum Gasteiger partial charge on any atom is -0.393 e. The summed E-state index contributed by atoms with van der Waals surface area (Å²) in [5, 5.41) is 32.5. The smallest absolute Gasteiger partial charge is 0.161 e. The number of ketones is 1. The van der Waals surface area contributed by atoms with E-state index in [1.54, 1.807) is 0 Å². The average Bonchev–Trinajstić information content (AvgIpc) is 2.80. The van der Waals surface area contributed by atoms with E-state index >= 15 is 0 Å². The summed E-state index contributed by atoms with van der Waals surface area (Å²) in [4.78, 5) is 12.3. The number of aliphatic hydroxyl groups is 3. The highest BCUT2D eigenvalue weighted by Gasteiger charge is 2.68. The van der Waals surface area contributed by atoms with Crippen molar-refractivity contribution in [2.24, 2.45) is 34.5 Å². The van der Waals surface area contributed by atoms with Crippen molar-refractivity contribution in [3.8, 4) is 0 Å². The lowest BCUT2D eigenvalue weighted by Gasteiger charge is -2.62. The van der Waals surface area contributed by atoms with E-state index < -0.39 is 17.1 Å². The number of fused-ring (bicyclic) bond motifs is 5. The second-order valence-corrected chi connectivity index (χ2v) is 10.1. The molecular formula is C21H34O4. The molecule has 4 nitrogen and oxygen atoms in total. The Kier molecular flexibility index (Phi) is 3.97. The van der Waals surface area contributed by atoms with Gasteiger partial charge in [0.05, 0.1) is 12.2 Å². The van der Waals surface area contributed by atoms with Crippen LogP contribution >= 0.6 is 0 Å². The average molecular weight is 350 g/mol. The summed E-state index contributed by atoms with van der Waals surface area (Å²) in [5.41, 5.74) is -1.69. The standard InChI is InChI=1S/C21H34O4/c1-12(22)21(25)9-7-16-15-5-4-13-10-14(23)6-8-19(13,2)18(15)17(24)11-20(16,21)3/h13-18,23-25H,4-11H2,1-3H3/t13-,14-,15+,16+,17+,18?,19+,20+,21+/m1/s1. The van der Waals surface area contributed by atoms with Crippen molar-refractivity contribution < 1.29 is 20.1 Å². The van der Waals surface area contributed by atoms with Gasteiger partial charge in [-0.05, 0) is 87.4 Å². The van der Waals surface area contributed by atoms with Gasteiger partial charge in [0.15, 0.2) is 5.78 Å². The fourth-order valence-corrected chi connectivity index (χ4v) is 7.94. The van der Waals surface area contributed by atoms with E-state index in [2.05, 4.69) is 6.92 Å². The van der Waals surface area contributed by atoms with E-state index in [4.69, 9.17) is 0 Å². The zero-order valence-corrected chi connectivity index (χ0v) is 15.9. The second kappa shape index (κ2) is 5.53. The summed E-state index contributed by atoms with van der Waals surface area (Å²) in [6.07, 6.45) is 6.16. The molecule has 4 saturated carbocycles. The van der Waals surface area contributed by atoms with Gasteiger partial charge in [0.2, 0.25) is 0 Å². The van der Waals surface area contributed by atoms with E-state index in [0.29, 0.717) is 30.6 Å². The Morgan fingerprint density at radius 3 is 2.44 bits per heavy atom. The molecule has 1 unspecified atom stereocenters. The van der Waals surface area contributed by atoms with Gasteiger partial charge >= 0.3 is 0 Å². The van der Waals surface area contributed by atoms with Crippen LogP contribution in [0.5, 0.6) is 0 Å². The molecule has 25 heavy (non-hydrogen) atoms. The van der Waals surface area contributed by atoms with Crippen LogP contribution in [-0.2, 0) is 4.79 Å². The maximum Gasteiger partial charge on any atom is 0.161 e. The van der Waals surface area contributed by atoms with Gasteiger partial charge in [-0.3, -0.25) is 4.79 Å². The van der Waals surface area contributed by atoms with Crippen molar-refractivity contribution >= 4 is 5.78 Å². The summed E-state index contributed by atoms with van der Waals surface area (Å²) >= 11 is 0. The third-order valence-corrected chi connectivity index (χ3v) is 9.30. The molecule has 0 saturated heterocycles. The van der Waals surface area contributed by atoms with E-state index in [0.717, 1.165) is 38.5 Å². The van der Waals surface area contributed by atoms with Gasteiger partial charge in [0.25, 0.3) is 0 Å². The van der Waals surface area contributed by atoms with Gasteiger partial charge < -0.3 is 15.3 Å². The molecule has 4 aliphatic carbocycles. The summed E-state index contributed by atoms with van der Waals surface area (Å²) < 4.78 is 0. The molecule has 4 fully saturated rings. The maximum absolute atomic E-state index is 12.3. The van der Waals surface area contributed by atoms with Crippen molar-refractivity contribution in [2.45, 2.75) is 89.9 Å². The van der Waals surface area contributed by atoms with Crippen LogP contribution in [0.2, 0.25) is 0 Å². The first kappa shape index (κ1) is 17.9. The molecule has 9 atom stereocenters. The highest BCUT2D eigenvalue weighted by atomic mass is 16.3. The van der Waals surface area contributed by atoms with Crippen LogP contribution in [0.3, 0.4) is 0 Å². The van der Waals surface area contributed by atoms with Gasteiger partial charge in [-0.2, -0.15) is 0 Å². The SMILES string of the molecule is CC(=O)[C@@]1(O)CC[C@H]2[C@@H]3CC[C@@H]4C[C@H](O)CC[C@]4(C)C3[C@@H](O)C[C@@]21C. The molecule has 0 heterocycles. The Morgan fingerprint density at radius 2 is 1.76 bits per heavy atom. The van der Waals surface area contributed by atoms with Crippen LogP contribution in [0.25, 0.3) is 0 Å². The van der Waals surface area contributed by atoms with Crippen molar-refractivity contribution in [3.05, 3.63) is 0 Å². The third kappa shape index (κ3) is 2.20. The van der Waals surface area contributed by atoms with Crippen LogP contribution in [0.15, 0.2) is 0 Å². The number of carbonyl (C=O) groups is 1. The third-order valence-electron chi connectivity index (χ3n) is 9.30. The Morgan fingerprint density at radius 1 is 1.04 bits per heavy atom. The highest BCUT2D eigenvalue weighted by molar-refractivity contribution is 5.86. The van der Waals surface area contributed by atoms with E-state index in [9.17, 15) is 20.1 Å². The van der Waals surface area contributed by atoms with Gasteiger partial charge in [-0.25, -0.2) is 0 Å². The molecule has 0 aromatic rings. The zero-order chi connectivity index (χ0) is 18.2. The lowest BCUT2D eigenvalue weighted by Crippen LogP contribution is -2.62. The normalized spacial score (nSPS) is 58.2.